The number of fused-ring (bicyclic) bond motifs is 1. The highest BCUT2D eigenvalue weighted by Gasteiger charge is 2.17. The molecule has 0 saturated heterocycles. The zero-order valence-corrected chi connectivity index (χ0v) is 14.8. The fourth-order valence-electron chi connectivity index (χ4n) is 2.63. The standard InChI is InChI=1S/C19H16N2OS2/c1-2-5-16-15-6-3-4-7-17(15)24-18(16)19(22)21-13-8-10-14(11-9-13)23-12-20/h3-4,6-11H,2,5H2,1H3,(H,21,22). The molecule has 0 saturated carbocycles. The molecule has 0 aliphatic carbocycles. The van der Waals surface area contributed by atoms with Crippen LogP contribution in [0.15, 0.2) is 53.4 Å². The van der Waals surface area contributed by atoms with Gasteiger partial charge in [0.2, 0.25) is 0 Å². The van der Waals surface area contributed by atoms with Gasteiger partial charge in [0.15, 0.2) is 0 Å². The summed E-state index contributed by atoms with van der Waals surface area (Å²) in [6, 6.07) is 15.5. The molecule has 1 aromatic heterocycles. The first-order chi connectivity index (χ1) is 11.7. The highest BCUT2D eigenvalue weighted by molar-refractivity contribution is 8.03. The second-order valence-corrected chi connectivity index (χ2v) is 7.24. The van der Waals surface area contributed by atoms with Gasteiger partial charge in [-0.25, -0.2) is 0 Å². The van der Waals surface area contributed by atoms with Crippen molar-refractivity contribution in [3.8, 4) is 5.40 Å². The third-order valence-corrected chi connectivity index (χ3v) is 5.49. The number of nitrogens with zero attached hydrogens (tertiary/aromatic N) is 1. The molecule has 3 rings (SSSR count). The minimum atomic E-state index is -0.0691. The van der Waals surface area contributed by atoms with E-state index in [1.807, 2.05) is 41.8 Å². The van der Waals surface area contributed by atoms with Gasteiger partial charge in [0.1, 0.15) is 5.40 Å². The first-order valence-corrected chi connectivity index (χ1v) is 9.34. The lowest BCUT2D eigenvalue weighted by molar-refractivity contribution is 0.103. The molecule has 1 heterocycles. The number of anilines is 1. The van der Waals surface area contributed by atoms with E-state index in [1.165, 1.54) is 5.39 Å². The van der Waals surface area contributed by atoms with E-state index in [0.717, 1.165) is 50.3 Å². The SMILES string of the molecule is CCCc1c(C(=O)Nc2ccc(SC#N)cc2)sc2ccccc12. The zero-order chi connectivity index (χ0) is 16.9. The number of thioether (sulfide) groups is 1. The first-order valence-electron chi connectivity index (χ1n) is 7.70. The summed E-state index contributed by atoms with van der Waals surface area (Å²) in [6.45, 7) is 2.12. The molecule has 2 aromatic carbocycles. The third kappa shape index (κ3) is 3.45. The fourth-order valence-corrected chi connectivity index (χ4v) is 4.15. The van der Waals surface area contributed by atoms with Crippen LogP contribution in [0.1, 0.15) is 28.6 Å². The van der Waals surface area contributed by atoms with Gasteiger partial charge in [-0.05, 0) is 59.5 Å². The van der Waals surface area contributed by atoms with Gasteiger partial charge in [-0.2, -0.15) is 5.26 Å². The Bertz CT molecular complexity index is 907. The normalized spacial score (nSPS) is 10.5. The molecule has 0 bridgehead atoms. The maximum atomic E-state index is 12.7. The van der Waals surface area contributed by atoms with Crippen LogP contribution in [0.4, 0.5) is 5.69 Å². The number of carbonyl (C=O) groups excluding carboxylic acids is 1. The lowest BCUT2D eigenvalue weighted by atomic mass is 10.1. The number of thiocyanates is 1. The Balaban J connectivity index is 1.88. The van der Waals surface area contributed by atoms with E-state index in [4.69, 9.17) is 5.26 Å². The Kier molecular flexibility index (Phi) is 5.19. The van der Waals surface area contributed by atoms with Gasteiger partial charge in [0, 0.05) is 15.3 Å². The van der Waals surface area contributed by atoms with Crippen molar-refractivity contribution in [1.82, 2.24) is 0 Å². The summed E-state index contributed by atoms with van der Waals surface area (Å²) >= 11 is 2.65. The molecule has 3 nitrogen and oxygen atoms in total. The average Bonchev–Trinajstić information content (AvgIpc) is 2.96. The van der Waals surface area contributed by atoms with Crippen LogP contribution < -0.4 is 5.32 Å². The summed E-state index contributed by atoms with van der Waals surface area (Å²) in [4.78, 5) is 14.4. The maximum Gasteiger partial charge on any atom is 0.266 e. The van der Waals surface area contributed by atoms with Crippen molar-refractivity contribution < 1.29 is 4.79 Å². The molecule has 0 atom stereocenters. The second-order valence-electron chi connectivity index (χ2n) is 5.33. The Morgan fingerprint density at radius 2 is 1.96 bits per heavy atom. The van der Waals surface area contributed by atoms with Crippen molar-refractivity contribution in [3.05, 3.63) is 59.0 Å². The van der Waals surface area contributed by atoms with Gasteiger partial charge in [-0.15, -0.1) is 11.3 Å². The van der Waals surface area contributed by atoms with E-state index in [2.05, 4.69) is 24.4 Å². The summed E-state index contributed by atoms with van der Waals surface area (Å²) < 4.78 is 1.15. The molecule has 120 valence electrons. The summed E-state index contributed by atoms with van der Waals surface area (Å²) in [5.74, 6) is -0.0691. The Labute approximate surface area is 149 Å². The second kappa shape index (κ2) is 7.52. The zero-order valence-electron chi connectivity index (χ0n) is 13.2. The van der Waals surface area contributed by atoms with Crippen LogP contribution in [-0.4, -0.2) is 5.91 Å². The van der Waals surface area contributed by atoms with Crippen molar-refractivity contribution in [1.29, 1.82) is 5.26 Å². The van der Waals surface area contributed by atoms with Crippen LogP contribution in [0.5, 0.6) is 0 Å². The number of carbonyl (C=O) groups is 1. The van der Waals surface area contributed by atoms with Gasteiger partial charge in [-0.3, -0.25) is 4.79 Å². The number of hydrogen-bond donors (Lipinski definition) is 1. The Hall–Kier alpha value is -2.29. The average molecular weight is 352 g/mol. The molecule has 1 amide bonds. The lowest BCUT2D eigenvalue weighted by Crippen LogP contribution is -2.12. The third-order valence-electron chi connectivity index (χ3n) is 3.68. The molecule has 0 aliphatic rings. The number of rotatable bonds is 5. The number of nitriles is 1. The molecule has 24 heavy (non-hydrogen) atoms. The molecule has 0 radical (unpaired) electrons. The molecular weight excluding hydrogens is 336 g/mol. The lowest BCUT2D eigenvalue weighted by Gasteiger charge is -2.06. The summed E-state index contributed by atoms with van der Waals surface area (Å²) in [6.07, 6.45) is 1.89. The van der Waals surface area contributed by atoms with Crippen LogP contribution in [0.3, 0.4) is 0 Å². The minimum absolute atomic E-state index is 0.0691. The topological polar surface area (TPSA) is 52.9 Å². The molecule has 1 N–H and O–H groups in total. The van der Waals surface area contributed by atoms with Gasteiger partial charge < -0.3 is 5.32 Å². The maximum absolute atomic E-state index is 12.7. The minimum Gasteiger partial charge on any atom is -0.321 e. The van der Waals surface area contributed by atoms with Gasteiger partial charge >= 0.3 is 0 Å². The quantitative estimate of drug-likeness (QED) is 0.475. The number of nitrogens with one attached hydrogen (secondary N) is 1. The van der Waals surface area contributed by atoms with Crippen LogP contribution >= 0.6 is 23.1 Å². The molecule has 0 unspecified atom stereocenters. The molecule has 5 heteroatoms. The summed E-state index contributed by atoms with van der Waals surface area (Å²) in [5, 5.41) is 14.9. The van der Waals surface area contributed by atoms with Crippen LogP contribution in [0.25, 0.3) is 10.1 Å². The predicted molar refractivity (Wildman–Crippen MR) is 102 cm³/mol. The Morgan fingerprint density at radius 3 is 2.67 bits per heavy atom. The van der Waals surface area contributed by atoms with Crippen molar-refractivity contribution in [2.45, 2.75) is 24.7 Å². The van der Waals surface area contributed by atoms with Crippen molar-refractivity contribution in [2.75, 3.05) is 5.32 Å². The largest absolute Gasteiger partial charge is 0.321 e. The number of thiophene rings is 1. The number of aryl methyl sites for hydroxylation is 1. The highest BCUT2D eigenvalue weighted by Crippen LogP contribution is 2.33. The smallest absolute Gasteiger partial charge is 0.266 e. The van der Waals surface area contributed by atoms with E-state index in [-0.39, 0.29) is 5.91 Å². The molecule has 0 fully saturated rings. The number of hydrogen-bond acceptors (Lipinski definition) is 4. The summed E-state index contributed by atoms with van der Waals surface area (Å²) in [5.41, 5.74) is 1.87. The van der Waals surface area contributed by atoms with Crippen molar-refractivity contribution >= 4 is 44.8 Å². The molecule has 0 aliphatic heterocycles. The van der Waals surface area contributed by atoms with E-state index < -0.39 is 0 Å². The fraction of sp³-hybridized carbons (Fsp3) is 0.158. The van der Waals surface area contributed by atoms with Crippen molar-refractivity contribution in [2.24, 2.45) is 0 Å². The Morgan fingerprint density at radius 1 is 1.21 bits per heavy atom. The highest BCUT2D eigenvalue weighted by atomic mass is 32.2. The van der Waals surface area contributed by atoms with Gasteiger partial charge in [0.05, 0.1) is 4.88 Å². The van der Waals surface area contributed by atoms with Gasteiger partial charge in [-0.1, -0.05) is 31.5 Å². The number of amides is 1. The molecular formula is C19H16N2OS2. The molecule has 3 aromatic rings. The predicted octanol–water partition coefficient (Wildman–Crippen LogP) is 5.68. The van der Waals surface area contributed by atoms with E-state index in [0.29, 0.717) is 0 Å². The first kappa shape index (κ1) is 16.6. The molecule has 0 spiro atoms. The summed E-state index contributed by atoms with van der Waals surface area (Å²) in [7, 11) is 0. The van der Waals surface area contributed by atoms with Crippen molar-refractivity contribution in [3.63, 3.8) is 0 Å². The monoisotopic (exact) mass is 352 g/mol. The van der Waals surface area contributed by atoms with E-state index >= 15 is 0 Å². The van der Waals surface area contributed by atoms with E-state index in [1.54, 1.807) is 11.3 Å². The van der Waals surface area contributed by atoms with Gasteiger partial charge in [0.25, 0.3) is 5.91 Å². The van der Waals surface area contributed by atoms with Crippen LogP contribution in [0, 0.1) is 10.7 Å². The van der Waals surface area contributed by atoms with Crippen LogP contribution in [0.2, 0.25) is 0 Å². The van der Waals surface area contributed by atoms with Crippen LogP contribution in [-0.2, 0) is 6.42 Å². The number of benzene rings is 2. The van der Waals surface area contributed by atoms with E-state index in [9.17, 15) is 4.79 Å².